The highest BCUT2D eigenvalue weighted by molar-refractivity contribution is 6.31. The number of rotatable bonds is 4. The molecule has 0 spiro atoms. The number of anilines is 1. The average Bonchev–Trinajstić information content (AvgIpc) is 2.89. The summed E-state index contributed by atoms with van der Waals surface area (Å²) in [5, 5.41) is 11.6. The summed E-state index contributed by atoms with van der Waals surface area (Å²) in [6.07, 6.45) is 1.31. The normalized spacial score (nSPS) is 14.3. The molecule has 1 amide bonds. The van der Waals surface area contributed by atoms with Crippen molar-refractivity contribution in [1.29, 1.82) is 0 Å². The van der Waals surface area contributed by atoms with Crippen LogP contribution < -0.4 is 10.5 Å². The van der Waals surface area contributed by atoms with Crippen molar-refractivity contribution < 1.29 is 9.90 Å². The van der Waals surface area contributed by atoms with Gasteiger partial charge in [-0.2, -0.15) is 0 Å². The second kappa shape index (κ2) is 10.0. The number of aromatic nitrogens is 2. The molecule has 0 atom stereocenters. The number of aliphatic hydroxyl groups is 1. The number of aromatic amines is 1. The highest BCUT2D eigenvalue weighted by Gasteiger charge is 2.23. The van der Waals surface area contributed by atoms with E-state index in [2.05, 4.69) is 14.9 Å². The number of carbonyl (C=O) groups is 1. The van der Waals surface area contributed by atoms with E-state index in [1.54, 1.807) is 47.4 Å². The lowest BCUT2D eigenvalue weighted by molar-refractivity contribution is 0.0747. The van der Waals surface area contributed by atoms with Gasteiger partial charge in [0.2, 0.25) is 0 Å². The van der Waals surface area contributed by atoms with Crippen LogP contribution in [-0.2, 0) is 0 Å². The van der Waals surface area contributed by atoms with E-state index < -0.39 is 5.56 Å². The summed E-state index contributed by atoms with van der Waals surface area (Å²) in [5.74, 6) is -0.208. The first-order valence-electron chi connectivity index (χ1n) is 11.4. The van der Waals surface area contributed by atoms with E-state index >= 15 is 0 Å². The van der Waals surface area contributed by atoms with Crippen LogP contribution in [0.5, 0.6) is 0 Å². The molecule has 2 N–H and O–H groups in total. The lowest BCUT2D eigenvalue weighted by Crippen LogP contribution is -2.48. The Kier molecular flexibility index (Phi) is 6.67. The second-order valence-electron chi connectivity index (χ2n) is 8.48. The standard InChI is InChI=1S/C27H22Cl2N4O3/c28-19-7-4-17(5-8-19)25(34)16-24-26(35)31-23-14-18(6-9-22(23)30-24)27(36)33-12-10-32(11-13-33)21-3-1-2-20(29)15-21/h1-9,14-16,34H,10-13H2,(H,31,35). The molecule has 182 valence electrons. The molecule has 1 aliphatic heterocycles. The molecule has 0 saturated carbocycles. The molecule has 5 rings (SSSR count). The maximum absolute atomic E-state index is 13.1. The average molecular weight is 521 g/mol. The van der Waals surface area contributed by atoms with Gasteiger partial charge in [0.25, 0.3) is 11.5 Å². The van der Waals surface area contributed by atoms with E-state index in [4.69, 9.17) is 23.2 Å². The zero-order valence-electron chi connectivity index (χ0n) is 19.1. The van der Waals surface area contributed by atoms with Crippen LogP contribution in [0.2, 0.25) is 10.0 Å². The van der Waals surface area contributed by atoms with Crippen LogP contribution >= 0.6 is 23.2 Å². The third kappa shape index (κ3) is 5.08. The molecule has 3 aromatic carbocycles. The molecule has 4 aromatic rings. The predicted molar refractivity (Wildman–Crippen MR) is 144 cm³/mol. The van der Waals surface area contributed by atoms with E-state index in [0.717, 1.165) is 5.69 Å². The Labute approximate surface area is 217 Å². The minimum absolute atomic E-state index is 0.0613. The molecule has 1 aliphatic rings. The highest BCUT2D eigenvalue weighted by Crippen LogP contribution is 2.22. The zero-order valence-corrected chi connectivity index (χ0v) is 20.6. The van der Waals surface area contributed by atoms with Crippen LogP contribution in [0.4, 0.5) is 5.69 Å². The van der Waals surface area contributed by atoms with E-state index in [1.807, 2.05) is 24.3 Å². The van der Waals surface area contributed by atoms with Gasteiger partial charge in [0.05, 0.1) is 11.0 Å². The topological polar surface area (TPSA) is 89.5 Å². The SMILES string of the molecule is O=C(c1ccc2nc(C=C(O)c3ccc(Cl)cc3)c(=O)[nH]c2c1)N1CCN(c2cccc(Cl)c2)CC1. The Morgan fingerprint density at radius 2 is 1.64 bits per heavy atom. The van der Waals surface area contributed by atoms with Gasteiger partial charge in [-0.05, 0) is 60.7 Å². The van der Waals surface area contributed by atoms with Gasteiger partial charge in [0.15, 0.2) is 0 Å². The number of amides is 1. The van der Waals surface area contributed by atoms with E-state index in [0.29, 0.717) is 58.4 Å². The monoisotopic (exact) mass is 520 g/mol. The Hall–Kier alpha value is -3.81. The van der Waals surface area contributed by atoms with Crippen LogP contribution in [-0.4, -0.2) is 52.1 Å². The number of nitrogens with zero attached hydrogens (tertiary/aromatic N) is 3. The quantitative estimate of drug-likeness (QED) is 0.358. The Morgan fingerprint density at radius 3 is 2.36 bits per heavy atom. The lowest BCUT2D eigenvalue weighted by atomic mass is 10.1. The maximum Gasteiger partial charge on any atom is 0.274 e. The summed E-state index contributed by atoms with van der Waals surface area (Å²) < 4.78 is 0. The van der Waals surface area contributed by atoms with Crippen molar-refractivity contribution in [3.63, 3.8) is 0 Å². The molecule has 9 heteroatoms. The summed E-state index contributed by atoms with van der Waals surface area (Å²) in [6.45, 7) is 2.55. The van der Waals surface area contributed by atoms with Crippen LogP contribution in [0, 0.1) is 0 Å². The fourth-order valence-electron chi connectivity index (χ4n) is 4.19. The summed E-state index contributed by atoms with van der Waals surface area (Å²) in [4.78, 5) is 36.9. The molecule has 0 unspecified atom stereocenters. The van der Waals surface area contributed by atoms with Gasteiger partial charge in [0.1, 0.15) is 11.5 Å². The van der Waals surface area contributed by atoms with Gasteiger partial charge in [-0.1, -0.05) is 29.3 Å². The minimum Gasteiger partial charge on any atom is -0.507 e. The molecule has 36 heavy (non-hydrogen) atoms. The minimum atomic E-state index is -0.470. The summed E-state index contributed by atoms with van der Waals surface area (Å²) >= 11 is 12.0. The molecule has 7 nitrogen and oxygen atoms in total. The van der Waals surface area contributed by atoms with Crippen molar-refractivity contribution in [2.24, 2.45) is 0 Å². The molecular formula is C27H22Cl2N4O3. The zero-order chi connectivity index (χ0) is 25.2. The third-order valence-corrected chi connectivity index (χ3v) is 6.61. The van der Waals surface area contributed by atoms with Crippen molar-refractivity contribution in [1.82, 2.24) is 14.9 Å². The number of hydrogen-bond acceptors (Lipinski definition) is 5. The largest absolute Gasteiger partial charge is 0.507 e. The summed E-state index contributed by atoms with van der Waals surface area (Å²) in [5.41, 5.74) is 2.57. The van der Waals surface area contributed by atoms with Gasteiger partial charge in [-0.3, -0.25) is 9.59 Å². The Balaban J connectivity index is 1.33. The highest BCUT2D eigenvalue weighted by atomic mass is 35.5. The maximum atomic E-state index is 13.1. The molecule has 1 fully saturated rings. The van der Waals surface area contributed by atoms with Crippen molar-refractivity contribution >= 4 is 57.7 Å². The third-order valence-electron chi connectivity index (χ3n) is 6.12. The second-order valence-corrected chi connectivity index (χ2v) is 9.35. The van der Waals surface area contributed by atoms with Crippen LogP contribution in [0.15, 0.2) is 71.5 Å². The van der Waals surface area contributed by atoms with Crippen LogP contribution in [0.1, 0.15) is 21.6 Å². The van der Waals surface area contributed by atoms with E-state index in [1.165, 1.54) is 6.08 Å². The smallest absolute Gasteiger partial charge is 0.274 e. The molecule has 1 saturated heterocycles. The number of halogens is 2. The number of fused-ring (bicyclic) bond motifs is 1. The fraction of sp³-hybridized carbons (Fsp3) is 0.148. The molecule has 0 aliphatic carbocycles. The van der Waals surface area contributed by atoms with Gasteiger partial charge < -0.3 is 19.9 Å². The first kappa shape index (κ1) is 23.9. The number of nitrogens with one attached hydrogen (secondary N) is 1. The lowest BCUT2D eigenvalue weighted by Gasteiger charge is -2.36. The molecular weight excluding hydrogens is 499 g/mol. The first-order chi connectivity index (χ1) is 17.4. The van der Waals surface area contributed by atoms with E-state index in [9.17, 15) is 14.7 Å². The van der Waals surface area contributed by atoms with Gasteiger partial charge in [-0.15, -0.1) is 0 Å². The number of hydrogen-bond donors (Lipinski definition) is 2. The number of carbonyl (C=O) groups excluding carboxylic acids is 1. The molecule has 1 aromatic heterocycles. The summed E-state index contributed by atoms with van der Waals surface area (Å²) in [7, 11) is 0. The number of benzene rings is 3. The Morgan fingerprint density at radius 1 is 0.917 bits per heavy atom. The number of piperazine rings is 1. The summed E-state index contributed by atoms with van der Waals surface area (Å²) in [6, 6.07) is 19.3. The fourth-order valence-corrected chi connectivity index (χ4v) is 4.50. The molecule has 0 bridgehead atoms. The number of aliphatic hydroxyl groups excluding tert-OH is 1. The van der Waals surface area contributed by atoms with Gasteiger partial charge in [0, 0.05) is 59.1 Å². The molecule has 0 radical (unpaired) electrons. The van der Waals surface area contributed by atoms with E-state index in [-0.39, 0.29) is 17.4 Å². The first-order valence-corrected chi connectivity index (χ1v) is 12.1. The van der Waals surface area contributed by atoms with Crippen molar-refractivity contribution in [2.45, 2.75) is 0 Å². The van der Waals surface area contributed by atoms with Crippen molar-refractivity contribution in [3.05, 3.63) is 104 Å². The Bertz CT molecular complexity index is 1520. The van der Waals surface area contributed by atoms with Crippen LogP contribution in [0.25, 0.3) is 22.9 Å². The van der Waals surface area contributed by atoms with Crippen LogP contribution in [0.3, 0.4) is 0 Å². The number of H-pyrrole nitrogens is 1. The molecule has 2 heterocycles. The predicted octanol–water partition coefficient (Wildman–Crippen LogP) is 5.25. The van der Waals surface area contributed by atoms with Crippen molar-refractivity contribution in [2.75, 3.05) is 31.1 Å². The van der Waals surface area contributed by atoms with Gasteiger partial charge in [-0.25, -0.2) is 4.98 Å². The van der Waals surface area contributed by atoms with Crippen molar-refractivity contribution in [3.8, 4) is 0 Å². The van der Waals surface area contributed by atoms with Gasteiger partial charge >= 0.3 is 0 Å².